The number of carbonyl (C=O) groups is 1. The monoisotopic (exact) mass is 900 g/mol. The summed E-state index contributed by atoms with van der Waals surface area (Å²) in [5.41, 5.74) is 9.46. The lowest BCUT2D eigenvalue weighted by Crippen LogP contribution is -2.62. The number of amides is 1. The number of carbonyl (C=O) groups excluding carboxylic acids is 1. The normalized spacial score (nSPS) is 20.1. The Kier molecular flexibility index (Phi) is 11.7. The molecule has 5 heterocycles. The standard InChI is InChI=1S/C50H60N8O6S/c1-32-13-18-39(19-14-32)65(61,62)58-26-23-40-42(30-54(7)46(59)44(40)58)35-15-20-43-41(27-35)45(50(31-51,63-38-16-17-38)36-11-9-8-10-12-36)53-47(52-43)55-24-21-37(22-25-55)56-28-34(3)57(29-33(56)2)48(60)64-49(4,5)6/h8-15,18-20,23,26-27,30,33-34,37-38H,16-17,21-22,24-25,28-29,31,51H2,1-7H3/t33-,34+,50-/m0/s1. The minimum atomic E-state index is -4.09. The molecule has 2 aliphatic heterocycles. The van der Waals surface area contributed by atoms with E-state index < -0.39 is 26.8 Å². The van der Waals surface area contributed by atoms with Crippen LogP contribution in [0.2, 0.25) is 0 Å². The summed E-state index contributed by atoms with van der Waals surface area (Å²) in [6, 6.07) is 24.8. The summed E-state index contributed by atoms with van der Waals surface area (Å²) < 4.78 is 43.4. The van der Waals surface area contributed by atoms with E-state index in [-0.39, 0.29) is 41.2 Å². The van der Waals surface area contributed by atoms with Gasteiger partial charge in [-0.05, 0) is 109 Å². The van der Waals surface area contributed by atoms with Gasteiger partial charge in [0.25, 0.3) is 15.6 Å². The van der Waals surface area contributed by atoms with E-state index in [1.54, 1.807) is 43.6 Å². The molecule has 3 fully saturated rings. The number of anilines is 1. The fourth-order valence-corrected chi connectivity index (χ4v) is 11.0. The molecule has 6 aromatic rings. The molecule has 0 bridgehead atoms. The first-order valence-electron chi connectivity index (χ1n) is 22.8. The van der Waals surface area contributed by atoms with Crippen molar-refractivity contribution in [1.82, 2.24) is 28.3 Å². The number of piperazine rings is 1. The second-order valence-corrected chi connectivity index (χ2v) is 21.0. The zero-order chi connectivity index (χ0) is 46.0. The Bertz CT molecular complexity index is 2920. The highest BCUT2D eigenvalue weighted by molar-refractivity contribution is 7.90. The number of benzene rings is 3. The summed E-state index contributed by atoms with van der Waals surface area (Å²) in [4.78, 5) is 44.4. The molecule has 9 rings (SSSR count). The van der Waals surface area contributed by atoms with Crippen molar-refractivity contribution in [2.45, 2.75) is 108 Å². The topological polar surface area (TPSA) is 158 Å². The second-order valence-electron chi connectivity index (χ2n) is 19.2. The molecule has 0 spiro atoms. The molecule has 3 aliphatic rings. The number of pyridine rings is 1. The van der Waals surface area contributed by atoms with Crippen LogP contribution in [-0.2, 0) is 32.1 Å². The van der Waals surface area contributed by atoms with Crippen molar-refractivity contribution in [2.24, 2.45) is 12.8 Å². The molecule has 3 aromatic carbocycles. The van der Waals surface area contributed by atoms with Gasteiger partial charge in [0.1, 0.15) is 16.7 Å². The van der Waals surface area contributed by atoms with Crippen molar-refractivity contribution in [3.8, 4) is 11.1 Å². The summed E-state index contributed by atoms with van der Waals surface area (Å²) in [5.74, 6) is 0.603. The lowest BCUT2D eigenvalue weighted by molar-refractivity contribution is -0.0259. The quantitative estimate of drug-likeness (QED) is 0.149. The van der Waals surface area contributed by atoms with Gasteiger partial charge < -0.3 is 29.6 Å². The van der Waals surface area contributed by atoms with Crippen LogP contribution in [0, 0.1) is 6.92 Å². The van der Waals surface area contributed by atoms with Crippen LogP contribution in [0.5, 0.6) is 0 Å². The Morgan fingerprint density at radius 2 is 1.58 bits per heavy atom. The van der Waals surface area contributed by atoms with E-state index in [0.717, 1.165) is 71.4 Å². The van der Waals surface area contributed by atoms with E-state index in [1.807, 2.05) is 81.1 Å². The van der Waals surface area contributed by atoms with Crippen LogP contribution in [-0.4, -0.2) is 105 Å². The fraction of sp³-hybridized carbons (Fsp3) is 0.440. The van der Waals surface area contributed by atoms with Gasteiger partial charge in [0.15, 0.2) is 0 Å². The first kappa shape index (κ1) is 44.6. The van der Waals surface area contributed by atoms with Gasteiger partial charge in [-0.15, -0.1) is 0 Å². The van der Waals surface area contributed by atoms with Crippen molar-refractivity contribution in [3.05, 3.63) is 118 Å². The molecule has 1 aliphatic carbocycles. The van der Waals surface area contributed by atoms with E-state index in [0.29, 0.717) is 40.7 Å². The number of ether oxygens (including phenoxy) is 2. The Labute approximate surface area is 381 Å². The molecular weight excluding hydrogens is 841 g/mol. The van der Waals surface area contributed by atoms with Gasteiger partial charge >= 0.3 is 6.09 Å². The average molecular weight is 901 g/mol. The van der Waals surface area contributed by atoms with Crippen LogP contribution >= 0.6 is 0 Å². The molecule has 342 valence electrons. The molecular formula is C50H60N8O6S. The highest BCUT2D eigenvalue weighted by Crippen LogP contribution is 2.43. The van der Waals surface area contributed by atoms with E-state index in [2.05, 4.69) is 23.6 Å². The molecule has 14 nitrogen and oxygen atoms in total. The molecule has 2 saturated heterocycles. The Hall–Kier alpha value is -5.61. The lowest BCUT2D eigenvalue weighted by atomic mass is 9.86. The molecule has 0 radical (unpaired) electrons. The van der Waals surface area contributed by atoms with E-state index in [1.165, 1.54) is 10.8 Å². The van der Waals surface area contributed by atoms with Crippen LogP contribution in [0.3, 0.4) is 0 Å². The number of hydrogen-bond acceptors (Lipinski definition) is 11. The van der Waals surface area contributed by atoms with Gasteiger partial charge in [-0.25, -0.2) is 27.2 Å². The highest BCUT2D eigenvalue weighted by Gasteiger charge is 2.44. The van der Waals surface area contributed by atoms with E-state index in [9.17, 15) is 18.0 Å². The lowest BCUT2D eigenvalue weighted by Gasteiger charge is -2.49. The van der Waals surface area contributed by atoms with Gasteiger partial charge in [0, 0.05) is 86.6 Å². The second kappa shape index (κ2) is 17.0. The fourth-order valence-electron chi connectivity index (χ4n) is 9.65. The number of nitrogens with zero attached hydrogens (tertiary/aromatic N) is 7. The third kappa shape index (κ3) is 8.43. The smallest absolute Gasteiger partial charge is 0.410 e. The maximum Gasteiger partial charge on any atom is 0.410 e. The minimum Gasteiger partial charge on any atom is -0.444 e. The summed E-state index contributed by atoms with van der Waals surface area (Å²) in [5, 5.41) is 1.25. The van der Waals surface area contributed by atoms with Crippen LogP contribution in [0.15, 0.2) is 101 Å². The maximum atomic E-state index is 14.0. The van der Waals surface area contributed by atoms with Crippen LogP contribution in [0.4, 0.5) is 10.7 Å². The highest BCUT2D eigenvalue weighted by atomic mass is 32.2. The van der Waals surface area contributed by atoms with Crippen molar-refractivity contribution in [1.29, 1.82) is 0 Å². The van der Waals surface area contributed by atoms with Crippen LogP contribution in [0.25, 0.3) is 32.9 Å². The summed E-state index contributed by atoms with van der Waals surface area (Å²) >= 11 is 0. The SMILES string of the molecule is Cc1ccc(S(=O)(=O)n2ccc3c(-c4ccc5nc(N6CCC(N7C[C@@H](C)N(C(=O)OC(C)(C)C)C[C@@H]7C)CC6)nc([C@@](CN)(OC6CC6)c6ccccc6)c5c4)cn(C)c(=O)c32)cc1. The number of rotatable bonds is 10. The van der Waals surface area contributed by atoms with Gasteiger partial charge in [0.05, 0.1) is 22.2 Å². The molecule has 0 unspecified atom stereocenters. The van der Waals surface area contributed by atoms with Crippen molar-refractivity contribution < 1.29 is 22.7 Å². The van der Waals surface area contributed by atoms with Crippen molar-refractivity contribution in [3.63, 3.8) is 0 Å². The molecule has 1 saturated carbocycles. The summed E-state index contributed by atoms with van der Waals surface area (Å²) in [7, 11) is -2.46. The van der Waals surface area contributed by atoms with Crippen molar-refractivity contribution in [2.75, 3.05) is 37.6 Å². The number of aromatic nitrogens is 4. The Morgan fingerprint density at radius 1 is 0.877 bits per heavy atom. The molecule has 2 N–H and O–H groups in total. The number of hydrogen-bond donors (Lipinski definition) is 1. The Balaban J connectivity index is 1.10. The summed E-state index contributed by atoms with van der Waals surface area (Å²) in [6.45, 7) is 14.9. The van der Waals surface area contributed by atoms with Crippen LogP contribution < -0.4 is 16.2 Å². The van der Waals surface area contributed by atoms with Gasteiger partial charge in [-0.1, -0.05) is 54.1 Å². The molecule has 3 aromatic heterocycles. The number of aryl methyl sites for hydroxylation is 2. The average Bonchev–Trinajstić information content (AvgIpc) is 3.99. The third-order valence-corrected chi connectivity index (χ3v) is 14.9. The molecule has 3 atom stereocenters. The molecule has 15 heteroatoms. The zero-order valence-corrected chi connectivity index (χ0v) is 39.2. The Morgan fingerprint density at radius 3 is 2.25 bits per heavy atom. The minimum absolute atomic E-state index is 0.0184. The molecule has 65 heavy (non-hydrogen) atoms. The van der Waals surface area contributed by atoms with Gasteiger partial charge in [-0.3, -0.25) is 9.69 Å². The maximum absolute atomic E-state index is 14.0. The first-order chi connectivity index (χ1) is 31.0. The first-order valence-corrected chi connectivity index (χ1v) is 24.2. The van der Waals surface area contributed by atoms with E-state index >= 15 is 0 Å². The zero-order valence-electron chi connectivity index (χ0n) is 38.4. The van der Waals surface area contributed by atoms with Gasteiger partial charge in [-0.2, -0.15) is 0 Å². The predicted octanol–water partition coefficient (Wildman–Crippen LogP) is 7.18. The predicted molar refractivity (Wildman–Crippen MR) is 254 cm³/mol. The number of piperidine rings is 1. The summed E-state index contributed by atoms with van der Waals surface area (Å²) in [6.07, 6.45) is 6.62. The van der Waals surface area contributed by atoms with Gasteiger partial charge in [0.2, 0.25) is 5.95 Å². The number of fused-ring (bicyclic) bond motifs is 2. The van der Waals surface area contributed by atoms with Crippen molar-refractivity contribution >= 4 is 43.9 Å². The largest absolute Gasteiger partial charge is 0.444 e. The number of nitrogens with two attached hydrogens (primary N) is 1. The third-order valence-electron chi connectivity index (χ3n) is 13.2. The van der Waals surface area contributed by atoms with Crippen LogP contribution in [0.1, 0.15) is 77.1 Å². The molecule has 1 amide bonds. The van der Waals surface area contributed by atoms with E-state index in [4.69, 9.17) is 25.2 Å².